The fourth-order valence-electron chi connectivity index (χ4n) is 2.28. The highest BCUT2D eigenvalue weighted by atomic mass is 19.1. The smallest absolute Gasteiger partial charge is 0.253 e. The zero-order valence-corrected chi connectivity index (χ0v) is 12.8. The van der Waals surface area contributed by atoms with Crippen molar-refractivity contribution in [1.82, 2.24) is 25.5 Å². The van der Waals surface area contributed by atoms with Crippen LogP contribution in [0.25, 0.3) is 5.69 Å². The summed E-state index contributed by atoms with van der Waals surface area (Å²) in [6, 6.07) is 11.2. The minimum Gasteiger partial charge on any atom is -0.496 e. The Morgan fingerprint density at radius 3 is 2.88 bits per heavy atom. The summed E-state index contributed by atoms with van der Waals surface area (Å²) in [4.78, 5) is 12.5. The monoisotopic (exact) mass is 327 g/mol. The van der Waals surface area contributed by atoms with Gasteiger partial charge in [0.1, 0.15) is 17.9 Å². The Hall–Kier alpha value is -3.29. The number of hydrogen-bond donors (Lipinski definition) is 1. The zero-order valence-electron chi connectivity index (χ0n) is 12.8. The van der Waals surface area contributed by atoms with Gasteiger partial charge in [-0.2, -0.15) is 4.68 Å². The first-order chi connectivity index (χ1) is 11.7. The van der Waals surface area contributed by atoms with Crippen molar-refractivity contribution in [2.45, 2.75) is 6.54 Å². The van der Waals surface area contributed by atoms with E-state index in [9.17, 15) is 9.18 Å². The van der Waals surface area contributed by atoms with Crippen LogP contribution < -0.4 is 10.1 Å². The van der Waals surface area contributed by atoms with Crippen LogP contribution in [0.1, 0.15) is 15.9 Å². The molecule has 0 spiro atoms. The number of carbonyl (C=O) groups is 1. The molecule has 3 aromatic rings. The van der Waals surface area contributed by atoms with E-state index in [2.05, 4.69) is 20.8 Å². The van der Waals surface area contributed by atoms with E-state index < -0.39 is 5.82 Å². The third-order valence-electron chi connectivity index (χ3n) is 3.43. The average molecular weight is 327 g/mol. The van der Waals surface area contributed by atoms with Crippen LogP contribution in [0, 0.1) is 5.82 Å². The van der Waals surface area contributed by atoms with Gasteiger partial charge in [0.25, 0.3) is 5.91 Å². The standard InChI is InChI=1S/C16H14FN5O2/c1-24-15-5-3-2-4-11(15)9-18-16(23)13-7-6-12(17)8-14(13)22-10-19-20-21-22/h2-8,10H,9H2,1H3,(H,18,23). The van der Waals surface area contributed by atoms with Gasteiger partial charge >= 0.3 is 0 Å². The number of halogens is 1. The fourth-order valence-corrected chi connectivity index (χ4v) is 2.28. The van der Waals surface area contributed by atoms with Gasteiger partial charge in [0, 0.05) is 18.2 Å². The van der Waals surface area contributed by atoms with E-state index in [1.54, 1.807) is 7.11 Å². The number of rotatable bonds is 5. The topological polar surface area (TPSA) is 81.9 Å². The van der Waals surface area contributed by atoms with Crippen LogP contribution in [-0.2, 0) is 6.54 Å². The molecule has 0 aliphatic rings. The molecule has 8 heteroatoms. The van der Waals surface area contributed by atoms with E-state index >= 15 is 0 Å². The van der Waals surface area contributed by atoms with Gasteiger partial charge in [0.15, 0.2) is 0 Å². The van der Waals surface area contributed by atoms with Crippen LogP contribution >= 0.6 is 0 Å². The maximum atomic E-state index is 13.5. The molecular formula is C16H14FN5O2. The molecule has 0 bridgehead atoms. The number of amides is 1. The highest BCUT2D eigenvalue weighted by molar-refractivity contribution is 5.97. The summed E-state index contributed by atoms with van der Waals surface area (Å²) in [7, 11) is 1.57. The molecule has 1 aromatic heterocycles. The molecule has 1 heterocycles. The zero-order chi connectivity index (χ0) is 16.9. The van der Waals surface area contributed by atoms with Crippen LogP contribution in [0.5, 0.6) is 5.75 Å². The largest absolute Gasteiger partial charge is 0.496 e. The molecule has 0 fully saturated rings. The van der Waals surface area contributed by atoms with Crippen molar-refractivity contribution in [3.8, 4) is 11.4 Å². The Kier molecular flexibility index (Phi) is 4.46. The average Bonchev–Trinajstić information content (AvgIpc) is 3.14. The molecule has 7 nitrogen and oxygen atoms in total. The number of benzene rings is 2. The minimum absolute atomic E-state index is 0.262. The van der Waals surface area contributed by atoms with Crippen LogP contribution in [0.15, 0.2) is 48.8 Å². The molecule has 0 atom stereocenters. The SMILES string of the molecule is COc1ccccc1CNC(=O)c1ccc(F)cc1-n1cnnn1. The molecule has 0 saturated carbocycles. The van der Waals surface area contributed by atoms with Crippen LogP contribution in [-0.4, -0.2) is 33.2 Å². The predicted molar refractivity (Wildman–Crippen MR) is 83.3 cm³/mol. The molecule has 0 unspecified atom stereocenters. The van der Waals surface area contributed by atoms with Crippen molar-refractivity contribution in [3.05, 3.63) is 65.7 Å². The Morgan fingerprint density at radius 1 is 1.29 bits per heavy atom. The molecule has 122 valence electrons. The third kappa shape index (κ3) is 3.22. The van der Waals surface area contributed by atoms with Crippen LogP contribution in [0.3, 0.4) is 0 Å². The van der Waals surface area contributed by atoms with Crippen LogP contribution in [0.4, 0.5) is 4.39 Å². The van der Waals surface area contributed by atoms with Gasteiger partial charge in [-0.25, -0.2) is 4.39 Å². The second kappa shape index (κ2) is 6.86. The Balaban J connectivity index is 1.83. The van der Waals surface area contributed by atoms with Gasteiger partial charge < -0.3 is 10.1 Å². The summed E-state index contributed by atoms with van der Waals surface area (Å²) in [5.41, 5.74) is 1.36. The summed E-state index contributed by atoms with van der Waals surface area (Å²) in [6.45, 7) is 0.273. The Labute approximate surface area is 137 Å². The molecule has 1 N–H and O–H groups in total. The lowest BCUT2D eigenvalue weighted by molar-refractivity contribution is 0.0950. The highest BCUT2D eigenvalue weighted by Gasteiger charge is 2.15. The van der Waals surface area contributed by atoms with Crippen molar-refractivity contribution in [3.63, 3.8) is 0 Å². The second-order valence-electron chi connectivity index (χ2n) is 4.91. The van der Waals surface area contributed by atoms with Gasteiger partial charge in [0.05, 0.1) is 18.4 Å². The fraction of sp³-hybridized carbons (Fsp3) is 0.125. The predicted octanol–water partition coefficient (Wildman–Crippen LogP) is 1.74. The second-order valence-corrected chi connectivity index (χ2v) is 4.91. The number of para-hydroxylation sites is 1. The van der Waals surface area contributed by atoms with Gasteiger partial charge in [-0.05, 0) is 28.6 Å². The van der Waals surface area contributed by atoms with Gasteiger partial charge in [0.2, 0.25) is 0 Å². The molecule has 1 amide bonds. The third-order valence-corrected chi connectivity index (χ3v) is 3.43. The van der Waals surface area contributed by atoms with Crippen molar-refractivity contribution in [2.75, 3.05) is 7.11 Å². The van der Waals surface area contributed by atoms with E-state index in [0.717, 1.165) is 5.56 Å². The first kappa shape index (κ1) is 15.6. The number of hydrogen-bond acceptors (Lipinski definition) is 5. The maximum Gasteiger partial charge on any atom is 0.253 e. The molecule has 3 rings (SSSR count). The molecule has 0 aliphatic carbocycles. The van der Waals surface area contributed by atoms with E-state index in [1.165, 1.54) is 29.2 Å². The van der Waals surface area contributed by atoms with Gasteiger partial charge in [-0.1, -0.05) is 18.2 Å². The van der Waals surface area contributed by atoms with Crippen molar-refractivity contribution < 1.29 is 13.9 Å². The summed E-state index contributed by atoms with van der Waals surface area (Å²) in [5.74, 6) is -0.175. The van der Waals surface area contributed by atoms with Crippen molar-refractivity contribution >= 4 is 5.91 Å². The normalized spacial score (nSPS) is 10.4. The first-order valence-corrected chi connectivity index (χ1v) is 7.12. The Morgan fingerprint density at radius 2 is 2.12 bits per heavy atom. The number of ether oxygens (including phenoxy) is 1. The number of nitrogens with one attached hydrogen (secondary N) is 1. The summed E-state index contributed by atoms with van der Waals surface area (Å²) in [5, 5.41) is 13.5. The minimum atomic E-state index is -0.484. The number of aromatic nitrogens is 4. The number of tetrazole rings is 1. The van der Waals surface area contributed by atoms with Gasteiger partial charge in [-0.3, -0.25) is 4.79 Å². The van der Waals surface area contributed by atoms with Crippen LogP contribution in [0.2, 0.25) is 0 Å². The molecule has 24 heavy (non-hydrogen) atoms. The highest BCUT2D eigenvalue weighted by Crippen LogP contribution is 2.18. The lowest BCUT2D eigenvalue weighted by Gasteiger charge is -2.11. The summed E-state index contributed by atoms with van der Waals surface area (Å²) < 4.78 is 20.0. The van der Waals surface area contributed by atoms with E-state index in [4.69, 9.17) is 4.74 Å². The summed E-state index contributed by atoms with van der Waals surface area (Å²) in [6.07, 6.45) is 1.30. The summed E-state index contributed by atoms with van der Waals surface area (Å²) >= 11 is 0. The number of nitrogens with zero attached hydrogens (tertiary/aromatic N) is 4. The quantitative estimate of drug-likeness (QED) is 0.772. The van der Waals surface area contributed by atoms with Gasteiger partial charge in [-0.15, -0.1) is 5.10 Å². The lowest BCUT2D eigenvalue weighted by atomic mass is 10.1. The number of carbonyl (C=O) groups excluding carboxylic acids is 1. The van der Waals surface area contributed by atoms with Crippen molar-refractivity contribution in [1.29, 1.82) is 0 Å². The van der Waals surface area contributed by atoms with E-state index in [0.29, 0.717) is 5.75 Å². The molecule has 0 saturated heterocycles. The molecular weight excluding hydrogens is 313 g/mol. The maximum absolute atomic E-state index is 13.5. The van der Waals surface area contributed by atoms with E-state index in [-0.39, 0.29) is 23.7 Å². The van der Waals surface area contributed by atoms with E-state index in [1.807, 2.05) is 24.3 Å². The molecule has 0 radical (unpaired) electrons. The lowest BCUT2D eigenvalue weighted by Crippen LogP contribution is -2.24. The first-order valence-electron chi connectivity index (χ1n) is 7.12. The van der Waals surface area contributed by atoms with Crippen molar-refractivity contribution in [2.24, 2.45) is 0 Å². The Bertz CT molecular complexity index is 851. The number of methoxy groups -OCH3 is 1. The molecule has 0 aliphatic heterocycles. The molecule has 2 aromatic carbocycles.